The molecule has 4 aromatic rings. The van der Waals surface area contributed by atoms with Crippen LogP contribution in [-0.4, -0.2) is 35.0 Å². The molecule has 0 radical (unpaired) electrons. The van der Waals surface area contributed by atoms with Crippen LogP contribution < -0.4 is 5.32 Å². The molecule has 0 saturated carbocycles. The lowest BCUT2D eigenvalue weighted by Gasteiger charge is -2.10. The number of aryl methyl sites for hydroxylation is 1. The predicted molar refractivity (Wildman–Crippen MR) is 92.4 cm³/mol. The van der Waals surface area contributed by atoms with Gasteiger partial charge in [-0.15, -0.1) is 0 Å². The van der Waals surface area contributed by atoms with Crippen molar-refractivity contribution in [3.8, 4) is 11.3 Å². The molecule has 0 aliphatic carbocycles. The smallest absolute Gasteiger partial charge is 0.304 e. The number of aromatic nitrogens is 6. The topological polar surface area (TPSA) is 90.0 Å². The number of fused-ring (bicyclic) bond motifs is 1. The molecule has 3 aromatic heterocycles. The summed E-state index contributed by atoms with van der Waals surface area (Å²) in [7, 11) is 1.57. The van der Waals surface area contributed by atoms with Crippen LogP contribution in [0.25, 0.3) is 16.9 Å². The zero-order valence-electron chi connectivity index (χ0n) is 14.3. The van der Waals surface area contributed by atoms with Gasteiger partial charge in [-0.2, -0.15) is 18.3 Å². The number of amides is 1. The van der Waals surface area contributed by atoms with Gasteiger partial charge in [-0.25, -0.2) is 19.6 Å². The minimum Gasteiger partial charge on any atom is -0.304 e. The molecule has 8 nitrogen and oxygen atoms in total. The lowest BCUT2D eigenvalue weighted by atomic mass is 10.1. The Morgan fingerprint density at radius 2 is 1.96 bits per heavy atom. The fraction of sp³-hybridized carbons (Fsp3) is 0.118. The van der Waals surface area contributed by atoms with E-state index in [1.54, 1.807) is 7.05 Å². The second-order valence-corrected chi connectivity index (χ2v) is 5.87. The first kappa shape index (κ1) is 17.6. The van der Waals surface area contributed by atoms with E-state index in [4.69, 9.17) is 0 Å². The summed E-state index contributed by atoms with van der Waals surface area (Å²) >= 11 is 0. The van der Waals surface area contributed by atoms with Gasteiger partial charge in [0.05, 0.1) is 11.3 Å². The largest absolute Gasteiger partial charge is 0.417 e. The third kappa shape index (κ3) is 3.17. The highest BCUT2D eigenvalue weighted by molar-refractivity contribution is 6.01. The third-order valence-electron chi connectivity index (χ3n) is 4.01. The minimum atomic E-state index is -4.50. The van der Waals surface area contributed by atoms with Crippen molar-refractivity contribution in [1.82, 2.24) is 29.1 Å². The molecule has 142 valence electrons. The van der Waals surface area contributed by atoms with Gasteiger partial charge in [0.25, 0.3) is 5.91 Å². The molecule has 0 unspecified atom stereocenters. The van der Waals surface area contributed by atoms with Crippen LogP contribution in [0.15, 0.2) is 49.2 Å². The van der Waals surface area contributed by atoms with Gasteiger partial charge in [0.2, 0.25) is 5.82 Å². The van der Waals surface area contributed by atoms with E-state index in [-0.39, 0.29) is 22.9 Å². The molecule has 0 bridgehead atoms. The van der Waals surface area contributed by atoms with Crippen molar-refractivity contribution in [2.45, 2.75) is 6.18 Å². The van der Waals surface area contributed by atoms with E-state index in [0.29, 0.717) is 5.65 Å². The molecule has 28 heavy (non-hydrogen) atoms. The number of imidazole rings is 1. The molecule has 4 rings (SSSR count). The average Bonchev–Trinajstić information content (AvgIpc) is 3.26. The molecule has 0 saturated heterocycles. The van der Waals surface area contributed by atoms with E-state index in [0.717, 1.165) is 6.07 Å². The summed E-state index contributed by atoms with van der Waals surface area (Å²) in [6.45, 7) is 0. The van der Waals surface area contributed by atoms with Crippen LogP contribution in [0.2, 0.25) is 0 Å². The number of carbonyl (C=O) groups is 1. The van der Waals surface area contributed by atoms with Gasteiger partial charge in [-0.05, 0) is 6.07 Å². The summed E-state index contributed by atoms with van der Waals surface area (Å²) in [4.78, 5) is 24.3. The van der Waals surface area contributed by atoms with Crippen molar-refractivity contribution < 1.29 is 18.0 Å². The lowest BCUT2D eigenvalue weighted by Crippen LogP contribution is -2.18. The van der Waals surface area contributed by atoms with Gasteiger partial charge < -0.3 is 5.32 Å². The first-order valence-corrected chi connectivity index (χ1v) is 7.99. The molecule has 0 atom stereocenters. The van der Waals surface area contributed by atoms with Crippen LogP contribution >= 0.6 is 0 Å². The van der Waals surface area contributed by atoms with Crippen LogP contribution in [0.3, 0.4) is 0 Å². The molecule has 1 aromatic carbocycles. The first-order valence-electron chi connectivity index (χ1n) is 7.99. The Balaban J connectivity index is 1.68. The molecule has 1 amide bonds. The zero-order chi connectivity index (χ0) is 19.9. The Labute approximate surface area is 155 Å². The lowest BCUT2D eigenvalue weighted by molar-refractivity contribution is -0.137. The Hall–Kier alpha value is -3.76. The second-order valence-electron chi connectivity index (χ2n) is 5.87. The number of anilines is 1. The summed E-state index contributed by atoms with van der Waals surface area (Å²) in [5.74, 6) is -0.252. The van der Waals surface area contributed by atoms with E-state index in [1.165, 1.54) is 52.2 Å². The van der Waals surface area contributed by atoms with Crippen molar-refractivity contribution in [2.24, 2.45) is 7.05 Å². The van der Waals surface area contributed by atoms with Crippen molar-refractivity contribution in [2.75, 3.05) is 5.32 Å². The molecule has 0 aliphatic heterocycles. The Kier molecular flexibility index (Phi) is 4.06. The number of nitrogens with zero attached hydrogens (tertiary/aromatic N) is 6. The van der Waals surface area contributed by atoms with Crippen molar-refractivity contribution in [3.05, 3.63) is 60.6 Å². The predicted octanol–water partition coefficient (Wildman–Crippen LogP) is 2.80. The number of rotatable bonds is 3. The second kappa shape index (κ2) is 6.44. The van der Waals surface area contributed by atoms with Crippen LogP contribution in [0.4, 0.5) is 19.0 Å². The summed E-state index contributed by atoms with van der Waals surface area (Å²) in [5, 5.41) is 6.37. The highest BCUT2D eigenvalue weighted by Gasteiger charge is 2.33. The fourth-order valence-corrected chi connectivity index (χ4v) is 2.72. The van der Waals surface area contributed by atoms with Crippen LogP contribution in [0, 0.1) is 0 Å². The van der Waals surface area contributed by atoms with E-state index in [2.05, 4.69) is 25.4 Å². The monoisotopic (exact) mass is 387 g/mol. The molecule has 11 heteroatoms. The van der Waals surface area contributed by atoms with Gasteiger partial charge in [-0.3, -0.25) is 9.20 Å². The first-order chi connectivity index (χ1) is 13.3. The van der Waals surface area contributed by atoms with E-state index >= 15 is 0 Å². The fourth-order valence-electron chi connectivity index (χ4n) is 2.72. The SMILES string of the molecule is Cn1ncnc1C(=O)Nc1cc2nc(-c3ccccc3C(F)(F)F)cn2cn1. The number of benzene rings is 1. The average molecular weight is 387 g/mol. The summed E-state index contributed by atoms with van der Waals surface area (Å²) in [6.07, 6.45) is -0.458. The van der Waals surface area contributed by atoms with Crippen LogP contribution in [-0.2, 0) is 13.2 Å². The van der Waals surface area contributed by atoms with Gasteiger partial charge in [0, 0.05) is 24.9 Å². The third-order valence-corrected chi connectivity index (χ3v) is 4.01. The van der Waals surface area contributed by atoms with E-state index < -0.39 is 17.6 Å². The number of nitrogens with one attached hydrogen (secondary N) is 1. The van der Waals surface area contributed by atoms with Gasteiger partial charge in [0.15, 0.2) is 0 Å². The minimum absolute atomic E-state index is 0.0385. The molecule has 1 N–H and O–H groups in total. The number of carbonyl (C=O) groups excluding carboxylic acids is 1. The van der Waals surface area contributed by atoms with Crippen molar-refractivity contribution >= 4 is 17.4 Å². The molecule has 0 aliphatic rings. The summed E-state index contributed by atoms with van der Waals surface area (Å²) in [5.41, 5.74) is -0.340. The molecule has 3 heterocycles. The van der Waals surface area contributed by atoms with E-state index in [9.17, 15) is 18.0 Å². The molecule has 0 fully saturated rings. The maximum atomic E-state index is 13.3. The van der Waals surface area contributed by atoms with Crippen molar-refractivity contribution in [1.29, 1.82) is 0 Å². The molecular formula is C17H12F3N7O. The number of hydrogen-bond acceptors (Lipinski definition) is 5. The Morgan fingerprint density at radius 1 is 1.18 bits per heavy atom. The Morgan fingerprint density at radius 3 is 2.68 bits per heavy atom. The highest BCUT2D eigenvalue weighted by atomic mass is 19.4. The van der Waals surface area contributed by atoms with Gasteiger partial charge in [0.1, 0.15) is 24.1 Å². The summed E-state index contributed by atoms with van der Waals surface area (Å²) in [6, 6.07) is 6.65. The number of alkyl halides is 3. The quantitative estimate of drug-likeness (QED) is 0.584. The molecule has 0 spiro atoms. The van der Waals surface area contributed by atoms with Gasteiger partial charge in [-0.1, -0.05) is 18.2 Å². The maximum absolute atomic E-state index is 13.3. The number of halogens is 3. The number of hydrogen-bond donors (Lipinski definition) is 1. The van der Waals surface area contributed by atoms with E-state index in [1.807, 2.05) is 0 Å². The highest BCUT2D eigenvalue weighted by Crippen LogP contribution is 2.36. The van der Waals surface area contributed by atoms with Crippen LogP contribution in [0.5, 0.6) is 0 Å². The Bertz CT molecular complexity index is 1180. The van der Waals surface area contributed by atoms with Crippen LogP contribution in [0.1, 0.15) is 16.2 Å². The standard InChI is InChI=1S/C17H12F3N7O/c1-26-15(21-8-23-26)16(28)25-13-6-14-24-12(7-27(14)9-22-13)10-4-2-3-5-11(10)17(18,19)20/h2-9H,1H3,(H,25,28). The molecular weight excluding hydrogens is 375 g/mol. The zero-order valence-corrected chi connectivity index (χ0v) is 14.3. The maximum Gasteiger partial charge on any atom is 0.417 e. The van der Waals surface area contributed by atoms with Crippen molar-refractivity contribution in [3.63, 3.8) is 0 Å². The normalized spacial score (nSPS) is 11.7. The van der Waals surface area contributed by atoms with Gasteiger partial charge >= 0.3 is 6.18 Å². The summed E-state index contributed by atoms with van der Waals surface area (Å²) < 4.78 is 42.5.